The van der Waals surface area contributed by atoms with E-state index >= 15 is 0 Å². The first-order chi connectivity index (χ1) is 6.64. The van der Waals surface area contributed by atoms with Crippen molar-refractivity contribution in [1.29, 1.82) is 5.26 Å². The van der Waals surface area contributed by atoms with Gasteiger partial charge in [-0.1, -0.05) is 0 Å². The molecular weight excluding hydrogens is 176 g/mol. The van der Waals surface area contributed by atoms with Gasteiger partial charge < -0.3 is 10.1 Å². The van der Waals surface area contributed by atoms with Gasteiger partial charge in [-0.2, -0.15) is 5.26 Å². The number of hydrogen-bond donors (Lipinski definition) is 1. The lowest BCUT2D eigenvalue weighted by Gasteiger charge is -2.27. The van der Waals surface area contributed by atoms with Crippen molar-refractivity contribution in [2.45, 2.75) is 39.2 Å². The summed E-state index contributed by atoms with van der Waals surface area (Å²) in [5.41, 5.74) is -0.169. The van der Waals surface area contributed by atoms with Crippen LogP contribution in [0.3, 0.4) is 0 Å². The second-order valence-electron chi connectivity index (χ2n) is 4.60. The van der Waals surface area contributed by atoms with E-state index in [1.54, 1.807) is 0 Å². The Balaban J connectivity index is 1.91. The van der Waals surface area contributed by atoms with Crippen LogP contribution >= 0.6 is 0 Å². The molecule has 1 N–H and O–H groups in total. The first-order valence-corrected chi connectivity index (χ1v) is 5.38. The maximum Gasteiger partial charge on any atom is 0.0823 e. The monoisotopic (exact) mass is 196 g/mol. The average Bonchev–Trinajstić information content (AvgIpc) is 2.08. The van der Waals surface area contributed by atoms with Crippen LogP contribution in [0.1, 0.15) is 33.1 Å². The lowest BCUT2D eigenvalue weighted by atomic mass is 9.89. The van der Waals surface area contributed by atoms with Gasteiger partial charge in [-0.3, -0.25) is 0 Å². The molecule has 0 unspecified atom stereocenters. The normalized spacial score (nSPS) is 17.5. The zero-order valence-electron chi connectivity index (χ0n) is 9.18. The average molecular weight is 196 g/mol. The summed E-state index contributed by atoms with van der Waals surface area (Å²) in [6, 6.07) is 2.31. The predicted molar refractivity (Wildman–Crippen MR) is 55.9 cm³/mol. The molecule has 3 nitrogen and oxygen atoms in total. The highest BCUT2D eigenvalue weighted by atomic mass is 16.5. The third kappa shape index (κ3) is 4.08. The van der Waals surface area contributed by atoms with Gasteiger partial charge in [-0.15, -0.1) is 0 Å². The summed E-state index contributed by atoms with van der Waals surface area (Å²) >= 11 is 0. The third-order valence-corrected chi connectivity index (χ3v) is 2.60. The van der Waals surface area contributed by atoms with Crippen LogP contribution in [0.2, 0.25) is 0 Å². The lowest BCUT2D eigenvalue weighted by Crippen LogP contribution is -2.48. The second-order valence-corrected chi connectivity index (χ2v) is 4.60. The van der Waals surface area contributed by atoms with Crippen LogP contribution in [0.5, 0.6) is 0 Å². The van der Waals surface area contributed by atoms with Crippen LogP contribution in [0, 0.1) is 16.7 Å². The first-order valence-electron chi connectivity index (χ1n) is 5.38. The minimum Gasteiger partial charge on any atom is -0.376 e. The molecular formula is C11H20N2O. The number of unbranched alkanes of at least 4 members (excludes halogenated alkanes) is 1. The molecule has 0 aromatic carbocycles. The molecule has 1 aliphatic heterocycles. The Morgan fingerprint density at radius 2 is 2.14 bits per heavy atom. The van der Waals surface area contributed by atoms with Crippen molar-refractivity contribution in [3.63, 3.8) is 0 Å². The van der Waals surface area contributed by atoms with Gasteiger partial charge in [0.1, 0.15) is 0 Å². The molecule has 0 aromatic heterocycles. The van der Waals surface area contributed by atoms with Gasteiger partial charge in [0.2, 0.25) is 0 Å². The molecule has 14 heavy (non-hydrogen) atoms. The molecule has 0 bridgehead atoms. The lowest BCUT2D eigenvalue weighted by molar-refractivity contribution is 0.0165. The molecule has 0 atom stereocenters. The summed E-state index contributed by atoms with van der Waals surface area (Å²) in [5, 5.41) is 12.0. The molecule has 1 saturated heterocycles. The fraction of sp³-hybridized carbons (Fsp3) is 0.909. The van der Waals surface area contributed by atoms with E-state index in [-0.39, 0.29) is 5.41 Å². The van der Waals surface area contributed by atoms with Crippen molar-refractivity contribution in [3.05, 3.63) is 0 Å². The number of nitrogens with one attached hydrogen (secondary N) is 1. The second kappa shape index (κ2) is 5.33. The number of hydrogen-bond acceptors (Lipinski definition) is 3. The topological polar surface area (TPSA) is 45.0 Å². The molecule has 80 valence electrons. The highest BCUT2D eigenvalue weighted by Gasteiger charge is 2.17. The fourth-order valence-corrected chi connectivity index (χ4v) is 1.35. The van der Waals surface area contributed by atoms with Crippen molar-refractivity contribution in [1.82, 2.24) is 5.32 Å². The predicted octanol–water partition coefficient (Wildman–Crippen LogP) is 1.69. The van der Waals surface area contributed by atoms with Gasteiger partial charge >= 0.3 is 0 Å². The Morgan fingerprint density at radius 1 is 1.43 bits per heavy atom. The number of rotatable bonds is 6. The standard InChI is InChI=1S/C11H20N2O/c1-11(2,9-12)5-3-4-6-14-10-7-13-8-10/h10,13H,3-8H2,1-2H3. The molecule has 1 fully saturated rings. The molecule has 0 saturated carbocycles. The summed E-state index contributed by atoms with van der Waals surface area (Å²) < 4.78 is 5.58. The quantitative estimate of drug-likeness (QED) is 0.658. The molecule has 3 heteroatoms. The van der Waals surface area contributed by atoms with Crippen molar-refractivity contribution in [2.75, 3.05) is 19.7 Å². The zero-order chi connectivity index (χ0) is 10.4. The van der Waals surface area contributed by atoms with Crippen LogP contribution in [-0.2, 0) is 4.74 Å². The molecule has 1 rings (SSSR count). The van der Waals surface area contributed by atoms with E-state index < -0.39 is 0 Å². The van der Waals surface area contributed by atoms with Crippen LogP contribution in [0.15, 0.2) is 0 Å². The van der Waals surface area contributed by atoms with E-state index in [4.69, 9.17) is 10.00 Å². The van der Waals surface area contributed by atoms with E-state index in [1.807, 2.05) is 13.8 Å². The van der Waals surface area contributed by atoms with Gasteiger partial charge in [0.15, 0.2) is 0 Å². The van der Waals surface area contributed by atoms with Gasteiger partial charge in [0.25, 0.3) is 0 Å². The van der Waals surface area contributed by atoms with Crippen molar-refractivity contribution >= 4 is 0 Å². The Hall–Kier alpha value is -0.590. The summed E-state index contributed by atoms with van der Waals surface area (Å²) in [7, 11) is 0. The summed E-state index contributed by atoms with van der Waals surface area (Å²) in [4.78, 5) is 0. The van der Waals surface area contributed by atoms with Gasteiger partial charge in [0.05, 0.1) is 17.6 Å². The molecule has 0 amide bonds. The Bertz CT molecular complexity index is 204. The van der Waals surface area contributed by atoms with Gasteiger partial charge in [0, 0.05) is 19.7 Å². The van der Waals surface area contributed by atoms with E-state index in [9.17, 15) is 0 Å². The van der Waals surface area contributed by atoms with E-state index in [2.05, 4.69) is 11.4 Å². The largest absolute Gasteiger partial charge is 0.376 e. The Morgan fingerprint density at radius 3 is 2.64 bits per heavy atom. The van der Waals surface area contributed by atoms with Crippen molar-refractivity contribution in [3.8, 4) is 6.07 Å². The molecule has 0 spiro atoms. The molecule has 1 aliphatic rings. The molecule has 0 radical (unpaired) electrons. The molecule has 1 heterocycles. The summed E-state index contributed by atoms with van der Waals surface area (Å²) in [6.07, 6.45) is 3.57. The van der Waals surface area contributed by atoms with Crippen LogP contribution in [0.25, 0.3) is 0 Å². The number of nitriles is 1. The van der Waals surface area contributed by atoms with Crippen molar-refractivity contribution in [2.24, 2.45) is 5.41 Å². The summed E-state index contributed by atoms with van der Waals surface area (Å²) in [6.45, 7) is 6.83. The highest BCUT2D eigenvalue weighted by molar-refractivity contribution is 4.91. The van der Waals surface area contributed by atoms with Crippen molar-refractivity contribution < 1.29 is 4.74 Å². The number of ether oxygens (including phenoxy) is 1. The molecule has 0 aromatic rings. The summed E-state index contributed by atoms with van der Waals surface area (Å²) in [5.74, 6) is 0. The fourth-order valence-electron chi connectivity index (χ4n) is 1.35. The van der Waals surface area contributed by atoms with Gasteiger partial charge in [-0.25, -0.2) is 0 Å². The Kier molecular flexibility index (Phi) is 4.37. The maximum atomic E-state index is 8.80. The SMILES string of the molecule is CC(C)(C#N)CCCCOC1CNC1. The number of nitrogens with zero attached hydrogens (tertiary/aromatic N) is 1. The third-order valence-electron chi connectivity index (χ3n) is 2.60. The van der Waals surface area contributed by atoms with Crippen LogP contribution in [-0.4, -0.2) is 25.8 Å². The minimum absolute atomic E-state index is 0.169. The van der Waals surface area contributed by atoms with E-state index in [0.29, 0.717) is 6.10 Å². The van der Waals surface area contributed by atoms with Crippen LogP contribution < -0.4 is 5.32 Å². The minimum atomic E-state index is -0.169. The maximum absolute atomic E-state index is 8.80. The van der Waals surface area contributed by atoms with E-state index in [1.165, 1.54) is 0 Å². The zero-order valence-corrected chi connectivity index (χ0v) is 9.18. The Labute approximate surface area is 86.4 Å². The molecule has 0 aliphatic carbocycles. The first kappa shape index (κ1) is 11.5. The highest BCUT2D eigenvalue weighted by Crippen LogP contribution is 2.21. The smallest absolute Gasteiger partial charge is 0.0823 e. The van der Waals surface area contributed by atoms with Crippen LogP contribution in [0.4, 0.5) is 0 Å². The van der Waals surface area contributed by atoms with E-state index in [0.717, 1.165) is 39.0 Å². The van der Waals surface area contributed by atoms with Gasteiger partial charge in [-0.05, 0) is 33.1 Å².